The molecule has 0 saturated carbocycles. The standard InChI is InChI=1S/C18H24N2/c1-13-11-20(12-14(13)2)18(10-19)17-8-7-15-5-3-4-6-16(15)9-17/h3-9,13-14,18H,10-12,19H2,1-2H3. The molecular formula is C18H24N2. The van der Waals surface area contributed by atoms with Gasteiger partial charge in [-0.15, -0.1) is 0 Å². The van der Waals surface area contributed by atoms with Crippen LogP contribution in [0.25, 0.3) is 10.8 Å². The minimum atomic E-state index is 0.354. The maximum atomic E-state index is 6.08. The molecule has 1 heterocycles. The second-order valence-electron chi connectivity index (χ2n) is 6.27. The van der Waals surface area contributed by atoms with E-state index in [9.17, 15) is 0 Å². The first-order valence-electron chi connectivity index (χ1n) is 7.62. The molecule has 0 radical (unpaired) electrons. The molecule has 2 aromatic carbocycles. The molecule has 2 nitrogen and oxygen atoms in total. The molecule has 0 amide bonds. The Hall–Kier alpha value is -1.38. The number of likely N-dealkylation sites (tertiary alicyclic amines) is 1. The molecule has 106 valence electrons. The number of rotatable bonds is 3. The van der Waals surface area contributed by atoms with Crippen LogP contribution in [-0.2, 0) is 0 Å². The van der Waals surface area contributed by atoms with Crippen LogP contribution < -0.4 is 5.73 Å². The van der Waals surface area contributed by atoms with Crippen LogP contribution >= 0.6 is 0 Å². The van der Waals surface area contributed by atoms with Gasteiger partial charge in [0, 0.05) is 25.7 Å². The third-order valence-electron chi connectivity index (χ3n) is 4.84. The Morgan fingerprint density at radius 3 is 2.35 bits per heavy atom. The first-order chi connectivity index (χ1) is 9.69. The first kappa shape index (κ1) is 13.6. The third-order valence-corrected chi connectivity index (χ3v) is 4.84. The van der Waals surface area contributed by atoms with Gasteiger partial charge in [-0.25, -0.2) is 0 Å². The average molecular weight is 268 g/mol. The molecule has 3 atom stereocenters. The Morgan fingerprint density at radius 2 is 1.70 bits per heavy atom. The van der Waals surface area contributed by atoms with Crippen molar-refractivity contribution in [1.29, 1.82) is 0 Å². The number of hydrogen-bond acceptors (Lipinski definition) is 2. The van der Waals surface area contributed by atoms with E-state index in [2.05, 4.69) is 61.2 Å². The van der Waals surface area contributed by atoms with Gasteiger partial charge in [0.05, 0.1) is 0 Å². The Labute approximate surface area is 121 Å². The molecule has 1 saturated heterocycles. The van der Waals surface area contributed by atoms with Crippen LogP contribution in [0.3, 0.4) is 0 Å². The van der Waals surface area contributed by atoms with E-state index in [1.54, 1.807) is 0 Å². The lowest BCUT2D eigenvalue weighted by Crippen LogP contribution is -2.32. The zero-order valence-corrected chi connectivity index (χ0v) is 12.4. The van der Waals surface area contributed by atoms with Crippen LogP contribution in [0.1, 0.15) is 25.5 Å². The maximum Gasteiger partial charge on any atom is 0.0470 e. The molecule has 0 aromatic heterocycles. The van der Waals surface area contributed by atoms with E-state index in [-0.39, 0.29) is 0 Å². The summed E-state index contributed by atoms with van der Waals surface area (Å²) in [5.74, 6) is 1.54. The summed E-state index contributed by atoms with van der Waals surface area (Å²) in [4.78, 5) is 2.55. The molecule has 20 heavy (non-hydrogen) atoms. The normalized spacial score (nSPS) is 25.1. The Bertz CT molecular complexity index is 583. The lowest BCUT2D eigenvalue weighted by atomic mass is 10.0. The Morgan fingerprint density at radius 1 is 1.05 bits per heavy atom. The Kier molecular flexibility index (Phi) is 3.77. The minimum Gasteiger partial charge on any atom is -0.329 e. The van der Waals surface area contributed by atoms with Gasteiger partial charge in [0.25, 0.3) is 0 Å². The highest BCUT2D eigenvalue weighted by molar-refractivity contribution is 5.83. The molecule has 2 aromatic rings. The van der Waals surface area contributed by atoms with Gasteiger partial charge < -0.3 is 5.73 Å². The average Bonchev–Trinajstić information content (AvgIpc) is 2.79. The molecule has 2 heteroatoms. The number of hydrogen-bond donors (Lipinski definition) is 1. The lowest BCUT2D eigenvalue weighted by molar-refractivity contribution is 0.240. The summed E-state index contributed by atoms with van der Waals surface area (Å²) in [5, 5.41) is 2.61. The van der Waals surface area contributed by atoms with Crippen molar-refractivity contribution in [3.05, 3.63) is 48.0 Å². The zero-order chi connectivity index (χ0) is 14.1. The van der Waals surface area contributed by atoms with Crippen LogP contribution in [0.5, 0.6) is 0 Å². The van der Waals surface area contributed by atoms with Gasteiger partial charge in [-0.2, -0.15) is 0 Å². The summed E-state index contributed by atoms with van der Waals surface area (Å²) in [6.45, 7) is 7.71. The summed E-state index contributed by atoms with van der Waals surface area (Å²) >= 11 is 0. The van der Waals surface area contributed by atoms with Gasteiger partial charge in [0.1, 0.15) is 0 Å². The van der Waals surface area contributed by atoms with Gasteiger partial charge in [-0.05, 0) is 34.2 Å². The van der Waals surface area contributed by atoms with Crippen molar-refractivity contribution in [2.24, 2.45) is 17.6 Å². The largest absolute Gasteiger partial charge is 0.329 e. The predicted octanol–water partition coefficient (Wildman–Crippen LogP) is 3.43. The second-order valence-corrected chi connectivity index (χ2v) is 6.27. The van der Waals surface area contributed by atoms with Crippen molar-refractivity contribution in [3.8, 4) is 0 Å². The van der Waals surface area contributed by atoms with Crippen molar-refractivity contribution in [2.75, 3.05) is 19.6 Å². The fourth-order valence-corrected chi connectivity index (χ4v) is 3.34. The highest BCUT2D eigenvalue weighted by Crippen LogP contribution is 2.31. The number of nitrogens with two attached hydrogens (primary N) is 1. The highest BCUT2D eigenvalue weighted by Gasteiger charge is 2.31. The smallest absolute Gasteiger partial charge is 0.0470 e. The van der Waals surface area contributed by atoms with Crippen LogP contribution in [-0.4, -0.2) is 24.5 Å². The quantitative estimate of drug-likeness (QED) is 0.924. The van der Waals surface area contributed by atoms with E-state index in [0.717, 1.165) is 24.9 Å². The van der Waals surface area contributed by atoms with Gasteiger partial charge in [0.2, 0.25) is 0 Å². The zero-order valence-electron chi connectivity index (χ0n) is 12.4. The fraction of sp³-hybridized carbons (Fsp3) is 0.444. The number of benzene rings is 2. The summed E-state index contributed by atoms with van der Waals surface area (Å²) in [6, 6.07) is 15.7. The van der Waals surface area contributed by atoms with Gasteiger partial charge in [0.15, 0.2) is 0 Å². The molecule has 2 N–H and O–H groups in total. The van der Waals surface area contributed by atoms with E-state index < -0.39 is 0 Å². The van der Waals surface area contributed by atoms with Crippen molar-refractivity contribution >= 4 is 10.8 Å². The number of nitrogens with zero attached hydrogens (tertiary/aromatic N) is 1. The first-order valence-corrected chi connectivity index (χ1v) is 7.62. The number of fused-ring (bicyclic) bond motifs is 1. The van der Waals surface area contributed by atoms with Crippen molar-refractivity contribution < 1.29 is 0 Å². The molecule has 1 fully saturated rings. The van der Waals surface area contributed by atoms with Crippen molar-refractivity contribution in [2.45, 2.75) is 19.9 Å². The summed E-state index contributed by atoms with van der Waals surface area (Å²) < 4.78 is 0. The molecule has 0 spiro atoms. The molecule has 1 aliphatic heterocycles. The molecule has 1 aliphatic rings. The van der Waals surface area contributed by atoms with Crippen LogP contribution in [0.15, 0.2) is 42.5 Å². The highest BCUT2D eigenvalue weighted by atomic mass is 15.2. The topological polar surface area (TPSA) is 29.3 Å². The Balaban J connectivity index is 1.91. The second kappa shape index (κ2) is 5.55. The summed E-state index contributed by atoms with van der Waals surface area (Å²) in [5.41, 5.74) is 7.43. The molecule has 3 unspecified atom stereocenters. The van der Waals surface area contributed by atoms with Crippen LogP contribution in [0.2, 0.25) is 0 Å². The van der Waals surface area contributed by atoms with Crippen molar-refractivity contribution in [1.82, 2.24) is 4.90 Å². The molecule has 3 rings (SSSR count). The maximum absolute atomic E-state index is 6.08. The summed E-state index contributed by atoms with van der Waals surface area (Å²) in [6.07, 6.45) is 0. The van der Waals surface area contributed by atoms with Crippen molar-refractivity contribution in [3.63, 3.8) is 0 Å². The summed E-state index contributed by atoms with van der Waals surface area (Å²) in [7, 11) is 0. The van der Waals surface area contributed by atoms with Crippen LogP contribution in [0, 0.1) is 11.8 Å². The van der Waals surface area contributed by atoms with Gasteiger partial charge >= 0.3 is 0 Å². The molecule has 0 aliphatic carbocycles. The van der Waals surface area contributed by atoms with Crippen LogP contribution in [0.4, 0.5) is 0 Å². The van der Waals surface area contributed by atoms with Gasteiger partial charge in [-0.1, -0.05) is 50.2 Å². The van der Waals surface area contributed by atoms with E-state index in [4.69, 9.17) is 5.73 Å². The molecule has 0 bridgehead atoms. The minimum absolute atomic E-state index is 0.354. The van der Waals surface area contributed by atoms with Gasteiger partial charge in [-0.3, -0.25) is 4.90 Å². The van der Waals surface area contributed by atoms with E-state index in [1.807, 2.05) is 0 Å². The monoisotopic (exact) mass is 268 g/mol. The SMILES string of the molecule is CC1CN(C(CN)c2ccc3ccccc3c2)CC1C. The fourth-order valence-electron chi connectivity index (χ4n) is 3.34. The predicted molar refractivity (Wildman–Crippen MR) is 85.6 cm³/mol. The van der Waals surface area contributed by atoms with E-state index in [0.29, 0.717) is 12.6 Å². The third kappa shape index (κ3) is 2.46. The molecular weight excluding hydrogens is 244 g/mol. The lowest BCUT2D eigenvalue weighted by Gasteiger charge is -2.27. The van der Waals surface area contributed by atoms with E-state index in [1.165, 1.54) is 16.3 Å². The van der Waals surface area contributed by atoms with E-state index >= 15 is 0 Å².